The van der Waals surface area contributed by atoms with Crippen LogP contribution in [-0.4, -0.2) is 43.7 Å². The van der Waals surface area contributed by atoms with Crippen molar-refractivity contribution in [1.82, 2.24) is 10.2 Å². The summed E-state index contributed by atoms with van der Waals surface area (Å²) in [6.45, 7) is 3.73. The first-order valence-corrected chi connectivity index (χ1v) is 6.65. The Bertz CT molecular complexity index is 558. The Morgan fingerprint density at radius 2 is 2.25 bits per heavy atom. The molecule has 0 bridgehead atoms. The molecule has 1 aromatic rings. The third-order valence-electron chi connectivity index (χ3n) is 3.94. The molecule has 3 rings (SSSR count). The molecule has 2 saturated heterocycles. The highest BCUT2D eigenvalue weighted by atomic mass is 19.1. The van der Waals surface area contributed by atoms with Crippen molar-refractivity contribution in [3.05, 3.63) is 34.9 Å². The molecule has 0 aliphatic carbocycles. The zero-order valence-corrected chi connectivity index (χ0v) is 10.9. The molecular formula is C14H15F2N3O. The molecule has 0 amide bonds. The van der Waals surface area contributed by atoms with Gasteiger partial charge in [0.05, 0.1) is 12.7 Å². The van der Waals surface area contributed by atoms with Gasteiger partial charge in [-0.1, -0.05) is 6.07 Å². The number of nitrogens with one attached hydrogen (secondary N) is 1. The quantitative estimate of drug-likeness (QED) is 0.838. The number of rotatable bonds is 1. The number of nitrogens with zero attached hydrogens (tertiary/aromatic N) is 2. The Morgan fingerprint density at radius 1 is 1.40 bits per heavy atom. The van der Waals surface area contributed by atoms with E-state index in [0.29, 0.717) is 19.2 Å². The zero-order chi connectivity index (χ0) is 14.1. The van der Waals surface area contributed by atoms with Crippen LogP contribution in [0.1, 0.15) is 17.2 Å². The van der Waals surface area contributed by atoms with E-state index < -0.39 is 23.3 Å². The van der Waals surface area contributed by atoms with Crippen LogP contribution in [0.15, 0.2) is 12.1 Å². The van der Waals surface area contributed by atoms with Gasteiger partial charge in [0.25, 0.3) is 0 Å². The summed E-state index contributed by atoms with van der Waals surface area (Å²) in [7, 11) is 0. The van der Waals surface area contributed by atoms with E-state index in [-0.39, 0.29) is 5.56 Å². The van der Waals surface area contributed by atoms with Crippen LogP contribution >= 0.6 is 0 Å². The fraction of sp³-hybridized carbons (Fsp3) is 0.500. The molecule has 4 nitrogen and oxygen atoms in total. The maximum atomic E-state index is 14.2. The number of hydrogen-bond donors (Lipinski definition) is 1. The van der Waals surface area contributed by atoms with Crippen molar-refractivity contribution >= 4 is 0 Å². The summed E-state index contributed by atoms with van der Waals surface area (Å²) in [6, 6.07) is 4.38. The summed E-state index contributed by atoms with van der Waals surface area (Å²) in [6.07, 6.45) is -0.447. The molecule has 2 aliphatic rings. The second-order valence-corrected chi connectivity index (χ2v) is 5.11. The number of piperazine rings is 1. The minimum atomic E-state index is -0.829. The molecule has 0 saturated carbocycles. The van der Waals surface area contributed by atoms with Crippen molar-refractivity contribution < 1.29 is 13.5 Å². The molecule has 106 valence electrons. The van der Waals surface area contributed by atoms with Crippen molar-refractivity contribution in [2.75, 3.05) is 32.8 Å². The average Bonchev–Trinajstić information content (AvgIpc) is 2.47. The van der Waals surface area contributed by atoms with Crippen LogP contribution < -0.4 is 5.32 Å². The third-order valence-corrected chi connectivity index (χ3v) is 3.94. The molecule has 1 aromatic carbocycles. The standard InChI is InChI=1S/C14H15F2N3O/c15-12-2-1-10(14(16)11(12)5-17)13-7-19-4-3-18-6-9(19)8-20-13/h1-2,9,13,18H,3-4,6-8H2/t9?,13-/m1/s1. The highest BCUT2D eigenvalue weighted by Crippen LogP contribution is 2.29. The molecule has 2 aliphatic heterocycles. The molecule has 0 aromatic heterocycles. The number of fused-ring (bicyclic) bond motifs is 1. The number of morpholine rings is 1. The van der Waals surface area contributed by atoms with Gasteiger partial charge in [0.1, 0.15) is 23.3 Å². The molecule has 2 heterocycles. The Kier molecular flexibility index (Phi) is 3.66. The van der Waals surface area contributed by atoms with E-state index in [4.69, 9.17) is 10.00 Å². The fourth-order valence-corrected chi connectivity index (χ4v) is 2.81. The van der Waals surface area contributed by atoms with E-state index in [9.17, 15) is 8.78 Å². The van der Waals surface area contributed by atoms with Crippen LogP contribution in [0, 0.1) is 23.0 Å². The SMILES string of the molecule is N#Cc1c(F)ccc([C@H]2CN3CCNCC3CO2)c1F. The number of benzene rings is 1. The van der Waals surface area contributed by atoms with Crippen LogP contribution in [-0.2, 0) is 4.74 Å². The number of ether oxygens (including phenoxy) is 1. The number of nitriles is 1. The lowest BCUT2D eigenvalue weighted by Crippen LogP contribution is -2.57. The summed E-state index contributed by atoms with van der Waals surface area (Å²) < 4.78 is 33.2. The first kappa shape index (κ1) is 13.4. The van der Waals surface area contributed by atoms with Crippen molar-refractivity contribution in [3.8, 4) is 6.07 Å². The lowest BCUT2D eigenvalue weighted by molar-refractivity contribution is -0.0730. The van der Waals surface area contributed by atoms with Crippen molar-refractivity contribution in [3.63, 3.8) is 0 Å². The molecule has 0 spiro atoms. The Balaban J connectivity index is 1.85. The van der Waals surface area contributed by atoms with Gasteiger partial charge >= 0.3 is 0 Å². The first-order valence-electron chi connectivity index (χ1n) is 6.65. The predicted molar refractivity (Wildman–Crippen MR) is 68.0 cm³/mol. The fourth-order valence-electron chi connectivity index (χ4n) is 2.81. The number of hydrogen-bond acceptors (Lipinski definition) is 4. The highest BCUT2D eigenvalue weighted by Gasteiger charge is 2.33. The van der Waals surface area contributed by atoms with Gasteiger partial charge in [-0.25, -0.2) is 8.78 Å². The smallest absolute Gasteiger partial charge is 0.149 e. The van der Waals surface area contributed by atoms with Gasteiger partial charge in [0.15, 0.2) is 0 Å². The second kappa shape index (κ2) is 5.44. The van der Waals surface area contributed by atoms with Gasteiger partial charge in [0, 0.05) is 37.8 Å². The maximum absolute atomic E-state index is 14.2. The minimum Gasteiger partial charge on any atom is -0.370 e. The Labute approximate surface area is 115 Å². The molecule has 2 atom stereocenters. The van der Waals surface area contributed by atoms with Gasteiger partial charge < -0.3 is 10.1 Å². The minimum absolute atomic E-state index is 0.264. The van der Waals surface area contributed by atoms with Crippen LogP contribution in [0.5, 0.6) is 0 Å². The van der Waals surface area contributed by atoms with E-state index >= 15 is 0 Å². The zero-order valence-electron chi connectivity index (χ0n) is 10.9. The molecular weight excluding hydrogens is 264 g/mol. The normalized spacial score (nSPS) is 26.9. The monoisotopic (exact) mass is 279 g/mol. The second-order valence-electron chi connectivity index (χ2n) is 5.11. The Morgan fingerprint density at radius 3 is 3.05 bits per heavy atom. The summed E-state index contributed by atoms with van der Waals surface area (Å²) in [5.41, 5.74) is -0.270. The lowest BCUT2D eigenvalue weighted by Gasteiger charge is -2.42. The molecule has 2 fully saturated rings. The maximum Gasteiger partial charge on any atom is 0.149 e. The molecule has 20 heavy (non-hydrogen) atoms. The average molecular weight is 279 g/mol. The topological polar surface area (TPSA) is 48.3 Å². The van der Waals surface area contributed by atoms with Gasteiger partial charge in [-0.05, 0) is 6.07 Å². The summed E-state index contributed by atoms with van der Waals surface area (Å²) in [5, 5.41) is 12.1. The summed E-state index contributed by atoms with van der Waals surface area (Å²) in [4.78, 5) is 2.25. The van der Waals surface area contributed by atoms with E-state index in [1.165, 1.54) is 6.07 Å². The largest absolute Gasteiger partial charge is 0.370 e. The Hall–Kier alpha value is -1.55. The van der Waals surface area contributed by atoms with Crippen molar-refractivity contribution in [2.45, 2.75) is 12.1 Å². The van der Waals surface area contributed by atoms with Crippen molar-refractivity contribution in [2.24, 2.45) is 0 Å². The van der Waals surface area contributed by atoms with E-state index in [1.807, 2.05) is 0 Å². The van der Waals surface area contributed by atoms with Gasteiger partial charge in [-0.3, -0.25) is 4.90 Å². The van der Waals surface area contributed by atoms with Gasteiger partial charge in [0.2, 0.25) is 0 Å². The first-order chi connectivity index (χ1) is 9.70. The van der Waals surface area contributed by atoms with E-state index in [1.54, 1.807) is 6.07 Å². The van der Waals surface area contributed by atoms with Crippen LogP contribution in [0.2, 0.25) is 0 Å². The molecule has 1 N–H and O–H groups in total. The van der Waals surface area contributed by atoms with Crippen LogP contribution in [0.25, 0.3) is 0 Å². The van der Waals surface area contributed by atoms with Gasteiger partial charge in [-0.15, -0.1) is 0 Å². The number of halogens is 2. The third kappa shape index (κ3) is 2.29. The van der Waals surface area contributed by atoms with Crippen molar-refractivity contribution in [1.29, 1.82) is 5.26 Å². The lowest BCUT2D eigenvalue weighted by atomic mass is 10.0. The highest BCUT2D eigenvalue weighted by molar-refractivity contribution is 5.37. The predicted octanol–water partition coefficient (Wildman–Crippen LogP) is 1.18. The van der Waals surface area contributed by atoms with Crippen LogP contribution in [0.4, 0.5) is 8.78 Å². The summed E-state index contributed by atoms with van der Waals surface area (Å²) >= 11 is 0. The molecule has 0 radical (unpaired) electrons. The van der Waals surface area contributed by atoms with Crippen LogP contribution in [0.3, 0.4) is 0 Å². The van der Waals surface area contributed by atoms with E-state index in [0.717, 1.165) is 25.7 Å². The van der Waals surface area contributed by atoms with E-state index in [2.05, 4.69) is 10.2 Å². The molecule has 1 unspecified atom stereocenters. The van der Waals surface area contributed by atoms with Gasteiger partial charge in [-0.2, -0.15) is 5.26 Å². The molecule has 6 heteroatoms. The summed E-state index contributed by atoms with van der Waals surface area (Å²) in [5.74, 6) is -1.63.